The van der Waals surface area contributed by atoms with Gasteiger partial charge < -0.3 is 14.6 Å². The van der Waals surface area contributed by atoms with E-state index in [1.165, 1.54) is 25.9 Å². The molecule has 0 aliphatic carbocycles. The monoisotopic (exact) mass is 344 g/mol. The molecular formula is C19H28N4O2. The molecule has 1 saturated heterocycles. The van der Waals surface area contributed by atoms with E-state index in [-0.39, 0.29) is 5.91 Å². The van der Waals surface area contributed by atoms with Crippen LogP contribution in [-0.4, -0.2) is 47.2 Å². The number of hydrogen-bond donors (Lipinski definition) is 2. The van der Waals surface area contributed by atoms with Gasteiger partial charge in [0.1, 0.15) is 11.5 Å². The maximum absolute atomic E-state index is 12.2. The van der Waals surface area contributed by atoms with Gasteiger partial charge in [0.25, 0.3) is 5.91 Å². The SMILES string of the molecule is Cc1ccc(-c2cc(C(=O)NCCCCN3CCC(C)CC3)n[nH]2)o1. The molecule has 3 heterocycles. The van der Waals surface area contributed by atoms with Crippen LogP contribution in [0.25, 0.3) is 11.5 Å². The summed E-state index contributed by atoms with van der Waals surface area (Å²) < 4.78 is 5.53. The average Bonchev–Trinajstić information content (AvgIpc) is 3.25. The molecule has 0 bridgehead atoms. The van der Waals surface area contributed by atoms with E-state index in [0.29, 0.717) is 18.0 Å². The van der Waals surface area contributed by atoms with Crippen LogP contribution in [0.15, 0.2) is 22.6 Å². The van der Waals surface area contributed by atoms with Gasteiger partial charge in [-0.25, -0.2) is 0 Å². The molecule has 0 atom stereocenters. The number of aryl methyl sites for hydroxylation is 1. The lowest BCUT2D eigenvalue weighted by Gasteiger charge is -2.30. The van der Waals surface area contributed by atoms with E-state index in [4.69, 9.17) is 4.42 Å². The van der Waals surface area contributed by atoms with Crippen LogP contribution in [0.4, 0.5) is 0 Å². The Kier molecular flexibility index (Phi) is 5.91. The summed E-state index contributed by atoms with van der Waals surface area (Å²) in [4.78, 5) is 14.7. The number of aromatic nitrogens is 2. The van der Waals surface area contributed by atoms with Crippen molar-refractivity contribution in [3.05, 3.63) is 29.7 Å². The number of likely N-dealkylation sites (tertiary alicyclic amines) is 1. The van der Waals surface area contributed by atoms with E-state index < -0.39 is 0 Å². The second kappa shape index (κ2) is 8.34. The van der Waals surface area contributed by atoms with E-state index in [0.717, 1.165) is 36.8 Å². The van der Waals surface area contributed by atoms with Gasteiger partial charge in [-0.05, 0) is 70.3 Å². The Bertz CT molecular complexity index is 683. The molecule has 1 aliphatic rings. The summed E-state index contributed by atoms with van der Waals surface area (Å²) in [7, 11) is 0. The van der Waals surface area contributed by atoms with Crippen molar-refractivity contribution in [1.29, 1.82) is 0 Å². The molecule has 1 amide bonds. The van der Waals surface area contributed by atoms with Gasteiger partial charge >= 0.3 is 0 Å². The molecular weight excluding hydrogens is 316 g/mol. The quantitative estimate of drug-likeness (QED) is 0.756. The minimum Gasteiger partial charge on any atom is -0.460 e. The van der Waals surface area contributed by atoms with Crippen LogP contribution < -0.4 is 5.32 Å². The fourth-order valence-electron chi connectivity index (χ4n) is 3.18. The second-order valence-corrected chi connectivity index (χ2v) is 7.06. The number of rotatable bonds is 7. The first-order valence-corrected chi connectivity index (χ1v) is 9.24. The third-order valence-corrected chi connectivity index (χ3v) is 4.88. The lowest BCUT2D eigenvalue weighted by Crippen LogP contribution is -2.34. The highest BCUT2D eigenvalue weighted by atomic mass is 16.3. The van der Waals surface area contributed by atoms with Crippen molar-refractivity contribution in [2.24, 2.45) is 5.92 Å². The highest BCUT2D eigenvalue weighted by Crippen LogP contribution is 2.20. The number of nitrogens with one attached hydrogen (secondary N) is 2. The predicted octanol–water partition coefficient (Wildman–Crippen LogP) is 3.22. The summed E-state index contributed by atoms with van der Waals surface area (Å²) >= 11 is 0. The average molecular weight is 344 g/mol. The van der Waals surface area contributed by atoms with Crippen molar-refractivity contribution < 1.29 is 9.21 Å². The first-order valence-electron chi connectivity index (χ1n) is 9.24. The molecule has 2 N–H and O–H groups in total. The number of carbonyl (C=O) groups is 1. The van der Waals surface area contributed by atoms with Crippen LogP contribution in [0.5, 0.6) is 0 Å². The minimum atomic E-state index is -0.141. The van der Waals surface area contributed by atoms with Gasteiger partial charge in [-0.15, -0.1) is 0 Å². The molecule has 136 valence electrons. The Labute approximate surface area is 149 Å². The third kappa shape index (κ3) is 4.95. The van der Waals surface area contributed by atoms with Gasteiger partial charge in [0, 0.05) is 12.6 Å². The van der Waals surface area contributed by atoms with Gasteiger partial charge in [0.2, 0.25) is 0 Å². The van der Waals surface area contributed by atoms with Crippen molar-refractivity contribution in [3.63, 3.8) is 0 Å². The number of H-pyrrole nitrogens is 1. The van der Waals surface area contributed by atoms with Crippen LogP contribution in [0.1, 0.15) is 48.9 Å². The van der Waals surface area contributed by atoms with E-state index in [1.54, 1.807) is 6.07 Å². The lowest BCUT2D eigenvalue weighted by molar-refractivity contribution is 0.0947. The molecule has 0 radical (unpaired) electrons. The number of unbranched alkanes of at least 4 members (excludes halogenated alkanes) is 1. The summed E-state index contributed by atoms with van der Waals surface area (Å²) in [5.41, 5.74) is 1.12. The maximum Gasteiger partial charge on any atom is 0.271 e. The fourth-order valence-corrected chi connectivity index (χ4v) is 3.18. The topological polar surface area (TPSA) is 74.2 Å². The molecule has 1 aliphatic heterocycles. The van der Waals surface area contributed by atoms with Crippen LogP contribution in [-0.2, 0) is 0 Å². The van der Waals surface area contributed by atoms with Gasteiger partial charge in [0.15, 0.2) is 11.5 Å². The molecule has 6 nitrogen and oxygen atoms in total. The number of aromatic amines is 1. The summed E-state index contributed by atoms with van der Waals surface area (Å²) in [6, 6.07) is 5.48. The normalized spacial score (nSPS) is 16.2. The highest BCUT2D eigenvalue weighted by Gasteiger charge is 2.15. The Balaban J connectivity index is 1.36. The van der Waals surface area contributed by atoms with Crippen molar-refractivity contribution in [2.45, 2.75) is 39.5 Å². The highest BCUT2D eigenvalue weighted by molar-refractivity contribution is 5.93. The molecule has 0 saturated carbocycles. The molecule has 0 aromatic carbocycles. The Morgan fingerprint density at radius 1 is 1.36 bits per heavy atom. The Morgan fingerprint density at radius 2 is 2.16 bits per heavy atom. The van der Waals surface area contributed by atoms with Crippen molar-refractivity contribution in [3.8, 4) is 11.5 Å². The minimum absolute atomic E-state index is 0.141. The lowest BCUT2D eigenvalue weighted by atomic mass is 9.99. The van der Waals surface area contributed by atoms with Crippen molar-refractivity contribution in [1.82, 2.24) is 20.4 Å². The second-order valence-electron chi connectivity index (χ2n) is 7.06. The van der Waals surface area contributed by atoms with Crippen molar-refractivity contribution in [2.75, 3.05) is 26.2 Å². The van der Waals surface area contributed by atoms with E-state index in [2.05, 4.69) is 27.3 Å². The van der Waals surface area contributed by atoms with Gasteiger partial charge in [-0.2, -0.15) is 5.10 Å². The van der Waals surface area contributed by atoms with Gasteiger partial charge in [-0.3, -0.25) is 9.89 Å². The number of amides is 1. The zero-order valence-electron chi connectivity index (χ0n) is 15.2. The van der Waals surface area contributed by atoms with Crippen molar-refractivity contribution >= 4 is 5.91 Å². The standard InChI is InChI=1S/C19H28N4O2/c1-14-7-11-23(12-8-14)10-4-3-9-20-19(24)17-13-16(21-22-17)18-6-5-15(2)25-18/h5-6,13-14H,3-4,7-12H2,1-2H3,(H,20,24)(H,21,22). The number of carbonyl (C=O) groups excluding carboxylic acids is 1. The van der Waals surface area contributed by atoms with Gasteiger partial charge in [-0.1, -0.05) is 6.92 Å². The van der Waals surface area contributed by atoms with E-state index in [9.17, 15) is 4.79 Å². The molecule has 6 heteroatoms. The molecule has 0 unspecified atom stereocenters. The van der Waals surface area contributed by atoms with E-state index >= 15 is 0 Å². The summed E-state index contributed by atoms with van der Waals surface area (Å²) in [5, 5.41) is 9.87. The number of piperidine rings is 1. The maximum atomic E-state index is 12.2. The Morgan fingerprint density at radius 3 is 2.88 bits per heavy atom. The summed E-state index contributed by atoms with van der Waals surface area (Å²) in [5.74, 6) is 2.26. The molecule has 2 aromatic rings. The largest absolute Gasteiger partial charge is 0.460 e. The van der Waals surface area contributed by atoms with Crippen LogP contribution in [0, 0.1) is 12.8 Å². The van der Waals surface area contributed by atoms with Crippen LogP contribution in [0.3, 0.4) is 0 Å². The summed E-state index contributed by atoms with van der Waals surface area (Å²) in [6.07, 6.45) is 4.74. The molecule has 3 rings (SSSR count). The summed E-state index contributed by atoms with van der Waals surface area (Å²) in [6.45, 7) is 8.47. The molecule has 1 fully saturated rings. The molecule has 25 heavy (non-hydrogen) atoms. The Hall–Kier alpha value is -2.08. The number of nitrogens with zero attached hydrogens (tertiary/aromatic N) is 2. The first kappa shape index (κ1) is 17.7. The van der Waals surface area contributed by atoms with Gasteiger partial charge in [0.05, 0.1) is 0 Å². The smallest absolute Gasteiger partial charge is 0.271 e. The van der Waals surface area contributed by atoms with E-state index in [1.807, 2.05) is 19.1 Å². The van der Waals surface area contributed by atoms with Crippen LogP contribution in [0.2, 0.25) is 0 Å². The molecule has 2 aromatic heterocycles. The fraction of sp³-hybridized carbons (Fsp3) is 0.579. The third-order valence-electron chi connectivity index (χ3n) is 4.88. The first-order chi connectivity index (χ1) is 12.1. The predicted molar refractivity (Wildman–Crippen MR) is 97.4 cm³/mol. The number of hydrogen-bond acceptors (Lipinski definition) is 4. The molecule has 0 spiro atoms. The zero-order chi connectivity index (χ0) is 17.6. The zero-order valence-corrected chi connectivity index (χ0v) is 15.2. The van der Waals surface area contributed by atoms with Crippen LogP contribution >= 0.6 is 0 Å². The number of furan rings is 1.